The highest BCUT2D eigenvalue weighted by Gasteiger charge is 2.21. The van der Waals surface area contributed by atoms with Gasteiger partial charge in [0.15, 0.2) is 0 Å². The van der Waals surface area contributed by atoms with Gasteiger partial charge >= 0.3 is 10.1 Å². The summed E-state index contributed by atoms with van der Waals surface area (Å²) in [6.45, 7) is 6.50. The lowest BCUT2D eigenvalue weighted by atomic mass is 10.1. The largest absolute Gasteiger partial charge is 0.383 e. The van der Waals surface area contributed by atoms with Crippen LogP contribution in [0.4, 0.5) is 0 Å². The van der Waals surface area contributed by atoms with Crippen LogP contribution in [0.3, 0.4) is 0 Å². The van der Waals surface area contributed by atoms with E-state index in [4.69, 9.17) is 4.18 Å². The first kappa shape index (κ1) is 21.0. The van der Waals surface area contributed by atoms with Gasteiger partial charge in [-0.25, -0.2) is 0 Å². The molecular formula is C21H27NO4S. The SMILES string of the molecule is CCc1ccc(C(=O)N(Cc2cccc(OS(C)(=O)=O)c2)[C@@H](C)CC)cc1. The fourth-order valence-corrected chi connectivity index (χ4v) is 3.22. The van der Waals surface area contributed by atoms with Crippen molar-refractivity contribution in [1.29, 1.82) is 0 Å². The fourth-order valence-electron chi connectivity index (χ4n) is 2.76. The molecule has 5 nitrogen and oxygen atoms in total. The molecule has 1 amide bonds. The molecule has 1 atom stereocenters. The van der Waals surface area contributed by atoms with Crippen molar-refractivity contribution < 1.29 is 17.4 Å². The summed E-state index contributed by atoms with van der Waals surface area (Å²) in [5, 5.41) is 0. The molecule has 6 heteroatoms. The first-order valence-electron chi connectivity index (χ1n) is 9.11. The van der Waals surface area contributed by atoms with E-state index in [1.54, 1.807) is 23.1 Å². The Morgan fingerprint density at radius 3 is 2.30 bits per heavy atom. The molecule has 0 fully saturated rings. The molecule has 0 saturated heterocycles. The second-order valence-electron chi connectivity index (χ2n) is 6.68. The first-order chi connectivity index (χ1) is 12.7. The molecule has 0 aliphatic rings. The average Bonchev–Trinajstić information content (AvgIpc) is 2.64. The van der Waals surface area contributed by atoms with Gasteiger partial charge in [-0.15, -0.1) is 0 Å². The Bertz CT molecular complexity index is 875. The number of carbonyl (C=O) groups is 1. The van der Waals surface area contributed by atoms with Gasteiger partial charge in [0, 0.05) is 18.2 Å². The molecule has 0 aliphatic heterocycles. The van der Waals surface area contributed by atoms with Crippen LogP contribution in [0.15, 0.2) is 48.5 Å². The zero-order valence-corrected chi connectivity index (χ0v) is 17.1. The molecule has 2 rings (SSSR count). The molecule has 27 heavy (non-hydrogen) atoms. The minimum absolute atomic E-state index is 0.0403. The van der Waals surface area contributed by atoms with Gasteiger partial charge < -0.3 is 9.08 Å². The van der Waals surface area contributed by atoms with Crippen molar-refractivity contribution in [3.63, 3.8) is 0 Å². The van der Waals surface area contributed by atoms with Gasteiger partial charge in [-0.05, 0) is 55.2 Å². The molecule has 2 aromatic rings. The number of hydrogen-bond acceptors (Lipinski definition) is 4. The molecule has 0 bridgehead atoms. The Kier molecular flexibility index (Phi) is 7.02. The van der Waals surface area contributed by atoms with Crippen LogP contribution in [0.1, 0.15) is 48.7 Å². The van der Waals surface area contributed by atoms with Crippen molar-refractivity contribution in [2.45, 2.75) is 46.2 Å². The summed E-state index contributed by atoms with van der Waals surface area (Å²) in [5.74, 6) is 0.209. The Hall–Kier alpha value is -2.34. The molecule has 0 heterocycles. The van der Waals surface area contributed by atoms with Crippen LogP contribution in [0, 0.1) is 0 Å². The molecule has 0 saturated carbocycles. The lowest BCUT2D eigenvalue weighted by Gasteiger charge is -2.29. The van der Waals surface area contributed by atoms with Crippen molar-refractivity contribution >= 4 is 16.0 Å². The van der Waals surface area contributed by atoms with Gasteiger partial charge in [-0.2, -0.15) is 8.42 Å². The third kappa shape index (κ3) is 6.10. The van der Waals surface area contributed by atoms with Gasteiger partial charge in [-0.3, -0.25) is 4.79 Å². The molecule has 0 radical (unpaired) electrons. The Morgan fingerprint density at radius 1 is 1.07 bits per heavy atom. The summed E-state index contributed by atoms with van der Waals surface area (Å²) in [4.78, 5) is 14.9. The van der Waals surface area contributed by atoms with Crippen LogP contribution < -0.4 is 4.18 Å². The monoisotopic (exact) mass is 389 g/mol. The van der Waals surface area contributed by atoms with Crippen molar-refractivity contribution in [2.24, 2.45) is 0 Å². The van der Waals surface area contributed by atoms with E-state index in [0.29, 0.717) is 12.1 Å². The van der Waals surface area contributed by atoms with E-state index in [0.717, 1.165) is 24.7 Å². The summed E-state index contributed by atoms with van der Waals surface area (Å²) in [5.41, 5.74) is 2.65. The third-order valence-electron chi connectivity index (χ3n) is 4.49. The summed E-state index contributed by atoms with van der Waals surface area (Å²) >= 11 is 0. The molecular weight excluding hydrogens is 362 g/mol. The Morgan fingerprint density at radius 2 is 1.74 bits per heavy atom. The van der Waals surface area contributed by atoms with E-state index in [2.05, 4.69) is 6.92 Å². The highest BCUT2D eigenvalue weighted by Crippen LogP contribution is 2.20. The number of rotatable bonds is 8. The van der Waals surface area contributed by atoms with Crippen LogP contribution in [0.25, 0.3) is 0 Å². The van der Waals surface area contributed by atoms with Crippen LogP contribution in [0.2, 0.25) is 0 Å². The number of carbonyl (C=O) groups excluding carboxylic acids is 1. The fraction of sp³-hybridized carbons (Fsp3) is 0.381. The van der Waals surface area contributed by atoms with Crippen LogP contribution in [0.5, 0.6) is 5.75 Å². The standard InChI is InChI=1S/C21H27NO4S/c1-5-16(3)22(21(23)19-12-10-17(6-2)11-13-19)15-18-8-7-9-20(14-18)26-27(4,24)25/h7-14,16H,5-6,15H2,1-4H3/t16-/m0/s1. The minimum Gasteiger partial charge on any atom is -0.383 e. The van der Waals surface area contributed by atoms with E-state index in [9.17, 15) is 13.2 Å². The Labute approximate surface area is 162 Å². The Balaban J connectivity index is 2.26. The molecule has 0 spiro atoms. The van der Waals surface area contributed by atoms with Crippen molar-refractivity contribution in [3.8, 4) is 5.75 Å². The number of aryl methyl sites for hydroxylation is 1. The van der Waals surface area contributed by atoms with Crippen LogP contribution in [-0.2, 0) is 23.1 Å². The second kappa shape index (κ2) is 9.04. The van der Waals surface area contributed by atoms with Gasteiger partial charge in [0.25, 0.3) is 5.91 Å². The maximum atomic E-state index is 13.1. The summed E-state index contributed by atoms with van der Waals surface area (Å²) < 4.78 is 27.6. The smallest absolute Gasteiger partial charge is 0.306 e. The van der Waals surface area contributed by atoms with Crippen molar-refractivity contribution in [1.82, 2.24) is 4.90 Å². The highest BCUT2D eigenvalue weighted by molar-refractivity contribution is 7.86. The summed E-state index contributed by atoms with van der Waals surface area (Å²) in [6, 6.07) is 14.5. The normalized spacial score (nSPS) is 12.4. The van der Waals surface area contributed by atoms with Gasteiger partial charge in [-0.1, -0.05) is 38.1 Å². The zero-order valence-electron chi connectivity index (χ0n) is 16.3. The van der Waals surface area contributed by atoms with Crippen LogP contribution in [-0.4, -0.2) is 31.5 Å². The van der Waals surface area contributed by atoms with Crippen LogP contribution >= 0.6 is 0 Å². The second-order valence-corrected chi connectivity index (χ2v) is 8.25. The molecule has 0 aliphatic carbocycles. The lowest BCUT2D eigenvalue weighted by Crippen LogP contribution is -2.37. The van der Waals surface area contributed by atoms with Gasteiger partial charge in [0.05, 0.1) is 6.26 Å². The van der Waals surface area contributed by atoms with Crippen molar-refractivity contribution in [3.05, 3.63) is 65.2 Å². The molecule has 0 aromatic heterocycles. The van der Waals surface area contributed by atoms with Gasteiger partial charge in [0.1, 0.15) is 5.75 Å². The van der Waals surface area contributed by atoms with E-state index in [1.165, 1.54) is 5.56 Å². The quantitative estimate of drug-likeness (QED) is 0.640. The lowest BCUT2D eigenvalue weighted by molar-refractivity contribution is 0.0671. The number of nitrogens with zero attached hydrogens (tertiary/aromatic N) is 1. The van der Waals surface area contributed by atoms with E-state index < -0.39 is 10.1 Å². The molecule has 0 unspecified atom stereocenters. The van der Waals surface area contributed by atoms with Crippen molar-refractivity contribution in [2.75, 3.05) is 6.26 Å². The molecule has 2 aromatic carbocycles. The average molecular weight is 390 g/mol. The molecule has 146 valence electrons. The first-order valence-corrected chi connectivity index (χ1v) is 10.9. The predicted octanol–water partition coefficient (Wildman–Crippen LogP) is 4.03. The topological polar surface area (TPSA) is 63.7 Å². The maximum absolute atomic E-state index is 13.1. The number of hydrogen-bond donors (Lipinski definition) is 0. The zero-order chi connectivity index (χ0) is 20.0. The van der Waals surface area contributed by atoms with E-state index >= 15 is 0 Å². The highest BCUT2D eigenvalue weighted by atomic mass is 32.2. The van der Waals surface area contributed by atoms with E-state index in [1.807, 2.05) is 44.2 Å². The maximum Gasteiger partial charge on any atom is 0.306 e. The minimum atomic E-state index is -3.59. The molecule has 0 N–H and O–H groups in total. The van der Waals surface area contributed by atoms with Gasteiger partial charge in [0.2, 0.25) is 0 Å². The number of amides is 1. The third-order valence-corrected chi connectivity index (χ3v) is 4.99. The number of benzene rings is 2. The predicted molar refractivity (Wildman–Crippen MR) is 107 cm³/mol. The summed E-state index contributed by atoms with van der Waals surface area (Å²) in [7, 11) is -3.59. The summed E-state index contributed by atoms with van der Waals surface area (Å²) in [6.07, 6.45) is 2.75. The van der Waals surface area contributed by atoms with E-state index in [-0.39, 0.29) is 17.7 Å².